The molecule has 0 aromatic carbocycles. The van der Waals surface area contributed by atoms with E-state index >= 15 is 0 Å². The van der Waals surface area contributed by atoms with Gasteiger partial charge in [0, 0.05) is 30.9 Å². The zero-order chi connectivity index (χ0) is 11.7. The van der Waals surface area contributed by atoms with Gasteiger partial charge in [0.05, 0.1) is 0 Å². The molecule has 84 valence electrons. The maximum atomic E-state index is 6.02. The second-order valence-corrected chi connectivity index (χ2v) is 3.86. The van der Waals surface area contributed by atoms with Crippen LogP contribution in [0.3, 0.4) is 0 Å². The summed E-state index contributed by atoms with van der Waals surface area (Å²) in [4.78, 5) is 8.78. The zero-order valence-corrected chi connectivity index (χ0v) is 9.86. The fourth-order valence-electron chi connectivity index (χ4n) is 1.70. The number of anilines is 1. The van der Waals surface area contributed by atoms with Crippen molar-refractivity contribution in [3.05, 3.63) is 29.8 Å². The molecular formula is C12H16N4. The first-order valence-electron chi connectivity index (χ1n) is 5.37. The van der Waals surface area contributed by atoms with E-state index in [1.54, 1.807) is 0 Å². The summed E-state index contributed by atoms with van der Waals surface area (Å²) in [5, 5.41) is 0. The van der Waals surface area contributed by atoms with Crippen molar-refractivity contribution < 1.29 is 0 Å². The Hall–Kier alpha value is -1.84. The Morgan fingerprint density at radius 2 is 2.12 bits per heavy atom. The smallest absolute Gasteiger partial charge is 0.131 e. The molecule has 4 heteroatoms. The molecule has 16 heavy (non-hydrogen) atoms. The Bertz CT molecular complexity index is 496. The molecule has 0 atom stereocenters. The molecule has 0 spiro atoms. The lowest BCUT2D eigenvalue weighted by Gasteiger charge is -2.00. The molecule has 0 aliphatic rings. The number of nitrogens with two attached hydrogens (primary N) is 1. The number of nitrogen functional groups attached to an aromatic ring is 1. The van der Waals surface area contributed by atoms with Gasteiger partial charge in [0.15, 0.2) is 0 Å². The quantitative estimate of drug-likeness (QED) is 0.834. The average Bonchev–Trinajstić information content (AvgIpc) is 2.57. The Morgan fingerprint density at radius 1 is 1.38 bits per heavy atom. The van der Waals surface area contributed by atoms with Crippen LogP contribution in [0.25, 0.3) is 11.3 Å². The van der Waals surface area contributed by atoms with E-state index in [0.29, 0.717) is 5.82 Å². The second-order valence-electron chi connectivity index (χ2n) is 3.86. The fourth-order valence-corrected chi connectivity index (χ4v) is 1.70. The van der Waals surface area contributed by atoms with Crippen molar-refractivity contribution in [2.75, 3.05) is 5.73 Å². The molecule has 0 fully saturated rings. The van der Waals surface area contributed by atoms with Crippen molar-refractivity contribution in [3.63, 3.8) is 0 Å². The first-order chi connectivity index (χ1) is 7.63. The summed E-state index contributed by atoms with van der Waals surface area (Å²) in [5.74, 6) is 1.69. The van der Waals surface area contributed by atoms with Crippen molar-refractivity contribution in [2.45, 2.75) is 20.3 Å². The SMILES string of the molecule is CCc1nc(-c2ccc(C)nc2)c(N)n1C. The number of rotatable bonds is 2. The van der Waals surface area contributed by atoms with Crippen molar-refractivity contribution in [1.82, 2.24) is 14.5 Å². The van der Waals surface area contributed by atoms with Crippen LogP contribution in [0, 0.1) is 6.92 Å². The van der Waals surface area contributed by atoms with Crippen molar-refractivity contribution in [2.24, 2.45) is 7.05 Å². The van der Waals surface area contributed by atoms with Crippen molar-refractivity contribution >= 4 is 5.82 Å². The number of hydrogen-bond acceptors (Lipinski definition) is 3. The Labute approximate surface area is 95.1 Å². The second kappa shape index (κ2) is 3.96. The molecule has 2 rings (SSSR count). The van der Waals surface area contributed by atoms with Gasteiger partial charge in [-0.1, -0.05) is 6.92 Å². The highest BCUT2D eigenvalue weighted by Crippen LogP contribution is 2.25. The summed E-state index contributed by atoms with van der Waals surface area (Å²) in [5.41, 5.74) is 8.81. The highest BCUT2D eigenvalue weighted by molar-refractivity contribution is 5.70. The van der Waals surface area contributed by atoms with Gasteiger partial charge in [-0.25, -0.2) is 4.98 Å². The predicted octanol–water partition coefficient (Wildman–Crippen LogP) is 1.94. The number of aryl methyl sites for hydroxylation is 2. The van der Waals surface area contributed by atoms with Gasteiger partial charge in [0.1, 0.15) is 17.3 Å². The minimum absolute atomic E-state index is 0.697. The molecule has 2 heterocycles. The summed E-state index contributed by atoms with van der Waals surface area (Å²) in [6, 6.07) is 3.97. The summed E-state index contributed by atoms with van der Waals surface area (Å²) in [6.07, 6.45) is 2.69. The lowest BCUT2D eigenvalue weighted by atomic mass is 10.2. The molecule has 0 saturated carbocycles. The summed E-state index contributed by atoms with van der Waals surface area (Å²) in [7, 11) is 1.94. The molecule has 0 saturated heterocycles. The lowest BCUT2D eigenvalue weighted by molar-refractivity contribution is 0.816. The van der Waals surface area contributed by atoms with E-state index in [0.717, 1.165) is 29.2 Å². The number of hydrogen-bond donors (Lipinski definition) is 1. The van der Waals surface area contributed by atoms with Crippen LogP contribution >= 0.6 is 0 Å². The predicted molar refractivity (Wildman–Crippen MR) is 65.0 cm³/mol. The van der Waals surface area contributed by atoms with Gasteiger partial charge >= 0.3 is 0 Å². The van der Waals surface area contributed by atoms with Gasteiger partial charge in [-0.15, -0.1) is 0 Å². The van der Waals surface area contributed by atoms with Gasteiger partial charge in [0.25, 0.3) is 0 Å². The van der Waals surface area contributed by atoms with Gasteiger partial charge in [-0.2, -0.15) is 0 Å². The normalized spacial score (nSPS) is 10.7. The third-order valence-electron chi connectivity index (χ3n) is 2.73. The van der Waals surface area contributed by atoms with Crippen molar-refractivity contribution in [1.29, 1.82) is 0 Å². The Kier molecular flexibility index (Phi) is 2.64. The van der Waals surface area contributed by atoms with Crippen LogP contribution in [0.1, 0.15) is 18.4 Å². The fraction of sp³-hybridized carbons (Fsp3) is 0.333. The standard InChI is InChI=1S/C12H16N4/c1-4-10-15-11(12(13)16(10)3)9-6-5-8(2)14-7-9/h5-7H,4,13H2,1-3H3. The van der Waals surface area contributed by atoms with Gasteiger partial charge in [-0.3, -0.25) is 4.98 Å². The molecule has 0 unspecified atom stereocenters. The monoisotopic (exact) mass is 216 g/mol. The van der Waals surface area contributed by atoms with Gasteiger partial charge in [0.2, 0.25) is 0 Å². The molecule has 2 aromatic rings. The number of imidazole rings is 1. The first-order valence-corrected chi connectivity index (χ1v) is 5.37. The van der Waals surface area contributed by atoms with Crippen LogP contribution in [0.5, 0.6) is 0 Å². The van der Waals surface area contributed by atoms with E-state index in [1.807, 2.05) is 36.9 Å². The topological polar surface area (TPSA) is 56.7 Å². The number of nitrogens with zero attached hydrogens (tertiary/aromatic N) is 3. The first kappa shape index (κ1) is 10.7. The summed E-state index contributed by atoms with van der Waals surface area (Å²) in [6.45, 7) is 4.03. The molecule has 2 aromatic heterocycles. The van der Waals surface area contributed by atoms with Crippen LogP contribution < -0.4 is 5.73 Å². The van der Waals surface area contributed by atoms with Crippen LogP contribution in [-0.2, 0) is 13.5 Å². The average molecular weight is 216 g/mol. The van der Waals surface area contributed by atoms with Gasteiger partial charge < -0.3 is 10.3 Å². The molecule has 0 bridgehead atoms. The minimum atomic E-state index is 0.697. The summed E-state index contributed by atoms with van der Waals surface area (Å²) < 4.78 is 1.93. The third kappa shape index (κ3) is 1.66. The van der Waals surface area contributed by atoms with E-state index in [-0.39, 0.29) is 0 Å². The van der Waals surface area contributed by atoms with E-state index in [4.69, 9.17) is 5.73 Å². The van der Waals surface area contributed by atoms with Crippen molar-refractivity contribution in [3.8, 4) is 11.3 Å². The Morgan fingerprint density at radius 3 is 2.62 bits per heavy atom. The largest absolute Gasteiger partial charge is 0.383 e. The highest BCUT2D eigenvalue weighted by Gasteiger charge is 2.12. The molecule has 2 N–H and O–H groups in total. The highest BCUT2D eigenvalue weighted by atomic mass is 15.1. The maximum absolute atomic E-state index is 6.02. The number of aromatic nitrogens is 3. The van der Waals surface area contributed by atoms with E-state index < -0.39 is 0 Å². The molecule has 0 aliphatic heterocycles. The molecule has 0 amide bonds. The molecule has 0 aliphatic carbocycles. The maximum Gasteiger partial charge on any atom is 0.131 e. The van der Waals surface area contributed by atoms with Crippen LogP contribution in [-0.4, -0.2) is 14.5 Å². The minimum Gasteiger partial charge on any atom is -0.383 e. The molecule has 0 radical (unpaired) electrons. The van der Waals surface area contributed by atoms with Crippen LogP contribution in [0.4, 0.5) is 5.82 Å². The van der Waals surface area contributed by atoms with E-state index in [1.165, 1.54) is 0 Å². The molecular weight excluding hydrogens is 200 g/mol. The number of pyridine rings is 1. The van der Waals surface area contributed by atoms with E-state index in [9.17, 15) is 0 Å². The molecule has 4 nitrogen and oxygen atoms in total. The third-order valence-corrected chi connectivity index (χ3v) is 2.73. The van der Waals surface area contributed by atoms with Crippen LogP contribution in [0.2, 0.25) is 0 Å². The van der Waals surface area contributed by atoms with Crippen LogP contribution in [0.15, 0.2) is 18.3 Å². The zero-order valence-electron chi connectivity index (χ0n) is 9.86. The van der Waals surface area contributed by atoms with Gasteiger partial charge in [-0.05, 0) is 19.1 Å². The Balaban J connectivity index is 2.52. The lowest BCUT2D eigenvalue weighted by Crippen LogP contribution is -2.00. The summed E-state index contributed by atoms with van der Waals surface area (Å²) >= 11 is 0. The van der Waals surface area contributed by atoms with E-state index in [2.05, 4.69) is 16.9 Å².